The Morgan fingerprint density at radius 2 is 2.28 bits per heavy atom. The molecule has 2 aromatic rings. The summed E-state index contributed by atoms with van der Waals surface area (Å²) in [6.45, 7) is 3.95. The van der Waals surface area contributed by atoms with E-state index in [0.29, 0.717) is 11.0 Å². The van der Waals surface area contributed by atoms with Crippen LogP contribution in [-0.2, 0) is 11.3 Å². The summed E-state index contributed by atoms with van der Waals surface area (Å²) in [6.07, 6.45) is 0. The van der Waals surface area contributed by atoms with Crippen LogP contribution in [0.2, 0.25) is 5.02 Å². The first-order valence-electron chi connectivity index (χ1n) is 5.68. The molecular weight excluding hydrogens is 252 g/mol. The first-order valence-corrected chi connectivity index (χ1v) is 6.06. The molecule has 18 heavy (non-hydrogen) atoms. The van der Waals surface area contributed by atoms with Crippen LogP contribution in [0, 0.1) is 0 Å². The number of imidazole rings is 1. The number of nitrogens with one attached hydrogen (secondary N) is 1. The summed E-state index contributed by atoms with van der Waals surface area (Å²) in [4.78, 5) is 15.9. The summed E-state index contributed by atoms with van der Waals surface area (Å²) in [6, 6.07) is 5.37. The summed E-state index contributed by atoms with van der Waals surface area (Å²) in [5, 5.41) is 3.40. The van der Waals surface area contributed by atoms with E-state index in [0.717, 1.165) is 11.0 Å². The lowest BCUT2D eigenvalue weighted by Gasteiger charge is -2.10. The van der Waals surface area contributed by atoms with E-state index in [2.05, 4.69) is 10.3 Å². The zero-order valence-electron chi connectivity index (χ0n) is 10.3. The van der Waals surface area contributed by atoms with E-state index >= 15 is 0 Å². The molecule has 0 saturated heterocycles. The first-order chi connectivity index (χ1) is 8.47. The molecule has 0 unspecified atom stereocenters. The molecule has 1 aromatic heterocycles. The van der Waals surface area contributed by atoms with Crippen LogP contribution in [0.5, 0.6) is 0 Å². The molecular formula is C12H15ClN4O. The molecule has 0 aliphatic carbocycles. The third kappa shape index (κ3) is 2.56. The van der Waals surface area contributed by atoms with E-state index in [-0.39, 0.29) is 18.5 Å². The standard InChI is InChI=1S/C12H15ClN4O/c1-7(2)15-11(18)6-17-10-5-8(13)3-4-9(10)16-12(17)14/h3-5,7H,6H2,1-2H3,(H2,14,16)(H,15,18). The number of nitrogens with two attached hydrogens (primary N) is 1. The fraction of sp³-hybridized carbons (Fsp3) is 0.333. The number of carbonyl (C=O) groups excluding carboxylic acids is 1. The highest BCUT2D eigenvalue weighted by atomic mass is 35.5. The van der Waals surface area contributed by atoms with Crippen molar-refractivity contribution in [2.24, 2.45) is 0 Å². The van der Waals surface area contributed by atoms with Crippen molar-refractivity contribution in [3.63, 3.8) is 0 Å². The fourth-order valence-corrected chi connectivity index (χ4v) is 1.96. The fourth-order valence-electron chi connectivity index (χ4n) is 1.79. The Balaban J connectivity index is 2.35. The van der Waals surface area contributed by atoms with Gasteiger partial charge in [0.05, 0.1) is 11.0 Å². The lowest BCUT2D eigenvalue weighted by Crippen LogP contribution is -2.33. The molecule has 1 heterocycles. The normalized spacial score (nSPS) is 11.1. The van der Waals surface area contributed by atoms with Gasteiger partial charge in [-0.15, -0.1) is 0 Å². The number of rotatable bonds is 3. The van der Waals surface area contributed by atoms with Gasteiger partial charge in [0, 0.05) is 11.1 Å². The summed E-state index contributed by atoms with van der Waals surface area (Å²) in [5.41, 5.74) is 7.30. The Kier molecular flexibility index (Phi) is 3.43. The van der Waals surface area contributed by atoms with Crippen molar-refractivity contribution >= 4 is 34.5 Å². The quantitative estimate of drug-likeness (QED) is 0.890. The number of nitrogen functional groups attached to an aromatic ring is 1. The summed E-state index contributed by atoms with van der Waals surface area (Å²) in [5.74, 6) is 0.210. The zero-order valence-corrected chi connectivity index (χ0v) is 11.0. The molecule has 0 spiro atoms. The predicted molar refractivity (Wildman–Crippen MR) is 72.4 cm³/mol. The highest BCUT2D eigenvalue weighted by molar-refractivity contribution is 6.31. The molecule has 3 N–H and O–H groups in total. The minimum atomic E-state index is -0.101. The monoisotopic (exact) mass is 266 g/mol. The third-order valence-corrected chi connectivity index (χ3v) is 2.73. The van der Waals surface area contributed by atoms with Crippen molar-refractivity contribution in [2.45, 2.75) is 26.4 Å². The number of hydrogen-bond acceptors (Lipinski definition) is 3. The second kappa shape index (κ2) is 4.86. The lowest BCUT2D eigenvalue weighted by molar-refractivity contribution is -0.122. The zero-order chi connectivity index (χ0) is 13.3. The molecule has 0 bridgehead atoms. The number of carbonyl (C=O) groups is 1. The highest BCUT2D eigenvalue weighted by Gasteiger charge is 2.12. The maximum absolute atomic E-state index is 11.8. The minimum Gasteiger partial charge on any atom is -0.369 e. The second-order valence-corrected chi connectivity index (χ2v) is 4.85. The van der Waals surface area contributed by atoms with Gasteiger partial charge in [0.15, 0.2) is 0 Å². The average molecular weight is 267 g/mol. The summed E-state index contributed by atoms with van der Waals surface area (Å²) >= 11 is 5.94. The van der Waals surface area contributed by atoms with Crippen molar-refractivity contribution in [1.29, 1.82) is 0 Å². The third-order valence-electron chi connectivity index (χ3n) is 2.49. The van der Waals surface area contributed by atoms with Crippen LogP contribution in [0.15, 0.2) is 18.2 Å². The van der Waals surface area contributed by atoms with Crippen LogP contribution in [0.25, 0.3) is 11.0 Å². The molecule has 0 aliphatic rings. The Morgan fingerprint density at radius 1 is 1.56 bits per heavy atom. The topological polar surface area (TPSA) is 72.9 Å². The molecule has 1 amide bonds. The van der Waals surface area contributed by atoms with Gasteiger partial charge >= 0.3 is 0 Å². The molecule has 0 saturated carbocycles. The molecule has 0 aliphatic heterocycles. The number of amides is 1. The van der Waals surface area contributed by atoms with E-state index in [9.17, 15) is 4.79 Å². The van der Waals surface area contributed by atoms with Crippen LogP contribution in [-0.4, -0.2) is 21.5 Å². The highest BCUT2D eigenvalue weighted by Crippen LogP contribution is 2.21. The van der Waals surface area contributed by atoms with Gasteiger partial charge in [-0.3, -0.25) is 4.79 Å². The number of aromatic nitrogens is 2. The predicted octanol–water partition coefficient (Wildman–Crippen LogP) is 1.80. The summed E-state index contributed by atoms with van der Waals surface area (Å²) < 4.78 is 1.65. The van der Waals surface area contributed by atoms with E-state index in [1.54, 1.807) is 22.8 Å². The van der Waals surface area contributed by atoms with Gasteiger partial charge in [-0.25, -0.2) is 4.98 Å². The lowest BCUT2D eigenvalue weighted by atomic mass is 10.3. The van der Waals surface area contributed by atoms with Gasteiger partial charge in [0.2, 0.25) is 11.9 Å². The van der Waals surface area contributed by atoms with Crippen molar-refractivity contribution < 1.29 is 4.79 Å². The maximum Gasteiger partial charge on any atom is 0.240 e. The van der Waals surface area contributed by atoms with Crippen LogP contribution in [0.4, 0.5) is 5.95 Å². The van der Waals surface area contributed by atoms with Gasteiger partial charge < -0.3 is 15.6 Å². The van der Waals surface area contributed by atoms with Crippen molar-refractivity contribution in [3.8, 4) is 0 Å². The van der Waals surface area contributed by atoms with Gasteiger partial charge in [-0.1, -0.05) is 11.6 Å². The second-order valence-electron chi connectivity index (χ2n) is 4.41. The van der Waals surface area contributed by atoms with Crippen molar-refractivity contribution in [3.05, 3.63) is 23.2 Å². The average Bonchev–Trinajstić information content (AvgIpc) is 2.55. The largest absolute Gasteiger partial charge is 0.369 e. The molecule has 96 valence electrons. The maximum atomic E-state index is 11.8. The van der Waals surface area contributed by atoms with Gasteiger partial charge in [-0.05, 0) is 32.0 Å². The van der Waals surface area contributed by atoms with Crippen LogP contribution < -0.4 is 11.1 Å². The van der Waals surface area contributed by atoms with Crippen molar-refractivity contribution in [1.82, 2.24) is 14.9 Å². The van der Waals surface area contributed by atoms with E-state index in [1.807, 2.05) is 13.8 Å². The number of anilines is 1. The number of hydrogen-bond donors (Lipinski definition) is 2. The smallest absolute Gasteiger partial charge is 0.240 e. The minimum absolute atomic E-state index is 0.0945. The van der Waals surface area contributed by atoms with Crippen LogP contribution >= 0.6 is 11.6 Å². The Hall–Kier alpha value is -1.75. The van der Waals surface area contributed by atoms with Gasteiger partial charge in [-0.2, -0.15) is 0 Å². The van der Waals surface area contributed by atoms with Crippen LogP contribution in [0.3, 0.4) is 0 Å². The molecule has 2 rings (SSSR count). The molecule has 0 radical (unpaired) electrons. The molecule has 6 heteroatoms. The Bertz CT molecular complexity index is 591. The molecule has 5 nitrogen and oxygen atoms in total. The summed E-state index contributed by atoms with van der Waals surface area (Å²) in [7, 11) is 0. The molecule has 0 atom stereocenters. The molecule has 0 fully saturated rings. The van der Waals surface area contributed by atoms with E-state index in [1.165, 1.54) is 0 Å². The van der Waals surface area contributed by atoms with Gasteiger partial charge in [0.25, 0.3) is 0 Å². The number of halogens is 1. The first kappa shape index (κ1) is 12.7. The van der Waals surface area contributed by atoms with E-state index in [4.69, 9.17) is 17.3 Å². The van der Waals surface area contributed by atoms with Crippen molar-refractivity contribution in [2.75, 3.05) is 5.73 Å². The number of nitrogens with zero attached hydrogens (tertiary/aromatic N) is 2. The number of fused-ring (bicyclic) bond motifs is 1. The number of benzene rings is 1. The van der Waals surface area contributed by atoms with Crippen LogP contribution in [0.1, 0.15) is 13.8 Å². The Labute approximate surface area is 110 Å². The van der Waals surface area contributed by atoms with Gasteiger partial charge in [0.1, 0.15) is 6.54 Å². The molecule has 1 aromatic carbocycles. The Morgan fingerprint density at radius 3 is 2.94 bits per heavy atom. The van der Waals surface area contributed by atoms with E-state index < -0.39 is 0 Å². The SMILES string of the molecule is CC(C)NC(=O)Cn1c(N)nc2ccc(Cl)cc21.